The van der Waals surface area contributed by atoms with Crippen LogP contribution in [0.2, 0.25) is 5.02 Å². The van der Waals surface area contributed by atoms with Crippen LogP contribution in [-0.2, 0) is 0 Å². The molecule has 18 heavy (non-hydrogen) atoms. The topological polar surface area (TPSA) is 17.1 Å². The van der Waals surface area contributed by atoms with Gasteiger partial charge in [0.1, 0.15) is 5.82 Å². The first-order chi connectivity index (χ1) is 8.65. The monoisotopic (exact) mass is 260 g/mol. The molecular weight excluding hydrogens is 251 g/mol. The summed E-state index contributed by atoms with van der Waals surface area (Å²) < 4.78 is 12.7. The lowest BCUT2D eigenvalue weighted by molar-refractivity contribution is 0.104. The largest absolute Gasteiger partial charge is 0.289 e. The maximum Gasteiger partial charge on any atom is 0.185 e. The van der Waals surface area contributed by atoms with Crippen molar-refractivity contribution >= 4 is 23.5 Å². The number of halogens is 2. The van der Waals surface area contributed by atoms with E-state index in [1.807, 2.05) is 12.1 Å². The summed E-state index contributed by atoms with van der Waals surface area (Å²) >= 11 is 5.83. The molecule has 0 N–H and O–H groups in total. The lowest BCUT2D eigenvalue weighted by Crippen LogP contribution is -1.93. The summed E-state index contributed by atoms with van der Waals surface area (Å²) in [5.41, 5.74) is 1.30. The van der Waals surface area contributed by atoms with Crippen molar-refractivity contribution in [1.29, 1.82) is 0 Å². The highest BCUT2D eigenvalue weighted by atomic mass is 35.5. The van der Waals surface area contributed by atoms with E-state index in [2.05, 4.69) is 0 Å². The Kier molecular flexibility index (Phi) is 3.90. The van der Waals surface area contributed by atoms with E-state index in [0.717, 1.165) is 5.56 Å². The van der Waals surface area contributed by atoms with Gasteiger partial charge < -0.3 is 0 Å². The van der Waals surface area contributed by atoms with Crippen molar-refractivity contribution in [2.75, 3.05) is 0 Å². The standard InChI is InChI=1S/C15H10ClFO/c16-13-3-1-2-11(10-13)4-9-15(18)12-5-7-14(17)8-6-12/h1-10H/b9-4+. The first-order valence-corrected chi connectivity index (χ1v) is 5.76. The lowest BCUT2D eigenvalue weighted by atomic mass is 10.1. The third-order valence-electron chi connectivity index (χ3n) is 2.40. The minimum absolute atomic E-state index is 0.171. The number of ketones is 1. The van der Waals surface area contributed by atoms with Gasteiger partial charge in [-0.3, -0.25) is 4.79 Å². The van der Waals surface area contributed by atoms with E-state index in [1.165, 1.54) is 30.3 Å². The predicted octanol–water partition coefficient (Wildman–Crippen LogP) is 4.38. The van der Waals surface area contributed by atoms with E-state index in [0.29, 0.717) is 10.6 Å². The van der Waals surface area contributed by atoms with Crippen LogP contribution in [0.15, 0.2) is 54.6 Å². The van der Waals surface area contributed by atoms with Crippen LogP contribution in [0, 0.1) is 5.82 Å². The average Bonchev–Trinajstić information content (AvgIpc) is 2.37. The molecule has 0 amide bonds. The van der Waals surface area contributed by atoms with Crippen LogP contribution in [-0.4, -0.2) is 5.78 Å². The van der Waals surface area contributed by atoms with Gasteiger partial charge in [-0.2, -0.15) is 0 Å². The molecule has 0 atom stereocenters. The molecule has 2 rings (SSSR count). The summed E-state index contributed by atoms with van der Waals surface area (Å²) in [6, 6.07) is 12.6. The van der Waals surface area contributed by atoms with Crippen LogP contribution in [0.4, 0.5) is 4.39 Å². The zero-order chi connectivity index (χ0) is 13.0. The molecular formula is C15H10ClFO. The van der Waals surface area contributed by atoms with E-state index in [4.69, 9.17) is 11.6 Å². The third kappa shape index (κ3) is 3.28. The van der Waals surface area contributed by atoms with E-state index in [-0.39, 0.29) is 11.6 Å². The number of benzene rings is 2. The smallest absolute Gasteiger partial charge is 0.185 e. The fraction of sp³-hybridized carbons (Fsp3) is 0. The molecule has 0 fully saturated rings. The van der Waals surface area contributed by atoms with Gasteiger partial charge in [-0.1, -0.05) is 29.8 Å². The van der Waals surface area contributed by atoms with Gasteiger partial charge in [-0.05, 0) is 48.0 Å². The summed E-state index contributed by atoms with van der Waals surface area (Å²) in [6.45, 7) is 0. The molecule has 0 radical (unpaired) electrons. The van der Waals surface area contributed by atoms with Crippen LogP contribution in [0.3, 0.4) is 0 Å². The van der Waals surface area contributed by atoms with Crippen LogP contribution in [0.25, 0.3) is 6.08 Å². The van der Waals surface area contributed by atoms with Crippen molar-refractivity contribution in [1.82, 2.24) is 0 Å². The predicted molar refractivity (Wildman–Crippen MR) is 71.2 cm³/mol. The summed E-state index contributed by atoms with van der Waals surface area (Å²) in [5.74, 6) is -0.527. The molecule has 2 aromatic rings. The summed E-state index contributed by atoms with van der Waals surface area (Å²) in [5, 5.41) is 0.617. The normalized spacial score (nSPS) is 10.8. The van der Waals surface area contributed by atoms with Crippen molar-refractivity contribution in [2.24, 2.45) is 0 Å². The molecule has 0 heterocycles. The van der Waals surface area contributed by atoms with Gasteiger partial charge in [0.05, 0.1) is 0 Å². The SMILES string of the molecule is O=C(/C=C/c1cccc(Cl)c1)c1ccc(F)cc1. The number of rotatable bonds is 3. The summed E-state index contributed by atoms with van der Waals surface area (Å²) in [7, 11) is 0. The Hall–Kier alpha value is -1.93. The second-order valence-corrected chi connectivity index (χ2v) is 4.20. The minimum Gasteiger partial charge on any atom is -0.289 e. The Bertz CT molecular complexity index is 588. The van der Waals surface area contributed by atoms with E-state index in [1.54, 1.807) is 18.2 Å². The maximum atomic E-state index is 12.7. The molecule has 0 aliphatic carbocycles. The number of carbonyl (C=O) groups excluding carboxylic acids is 1. The van der Waals surface area contributed by atoms with E-state index >= 15 is 0 Å². The number of allylic oxidation sites excluding steroid dienone is 1. The molecule has 0 saturated heterocycles. The zero-order valence-electron chi connectivity index (χ0n) is 9.44. The molecule has 0 spiro atoms. The third-order valence-corrected chi connectivity index (χ3v) is 2.64. The van der Waals surface area contributed by atoms with Gasteiger partial charge in [0.15, 0.2) is 5.78 Å². The molecule has 2 aromatic carbocycles. The van der Waals surface area contributed by atoms with Gasteiger partial charge in [0, 0.05) is 10.6 Å². The van der Waals surface area contributed by atoms with E-state index in [9.17, 15) is 9.18 Å². The first kappa shape index (κ1) is 12.5. The Morgan fingerprint density at radius 1 is 1.11 bits per heavy atom. The second-order valence-electron chi connectivity index (χ2n) is 3.76. The molecule has 0 unspecified atom stereocenters. The Labute approximate surface area is 110 Å². The molecule has 0 aliphatic rings. The van der Waals surface area contributed by atoms with Gasteiger partial charge in [0.2, 0.25) is 0 Å². The Morgan fingerprint density at radius 2 is 1.83 bits per heavy atom. The quantitative estimate of drug-likeness (QED) is 0.591. The second kappa shape index (κ2) is 5.61. The maximum absolute atomic E-state index is 12.7. The summed E-state index contributed by atoms with van der Waals surface area (Å²) in [6.07, 6.45) is 3.12. The zero-order valence-corrected chi connectivity index (χ0v) is 10.2. The van der Waals surface area contributed by atoms with Crippen molar-refractivity contribution in [3.8, 4) is 0 Å². The summed E-state index contributed by atoms with van der Waals surface area (Å²) in [4.78, 5) is 11.8. The van der Waals surface area contributed by atoms with E-state index < -0.39 is 0 Å². The van der Waals surface area contributed by atoms with Gasteiger partial charge >= 0.3 is 0 Å². The van der Waals surface area contributed by atoms with Crippen molar-refractivity contribution in [3.05, 3.63) is 76.6 Å². The number of hydrogen-bond acceptors (Lipinski definition) is 1. The highest BCUT2D eigenvalue weighted by Crippen LogP contribution is 2.12. The number of hydrogen-bond donors (Lipinski definition) is 0. The molecule has 1 nitrogen and oxygen atoms in total. The molecule has 3 heteroatoms. The minimum atomic E-state index is -0.356. The Morgan fingerprint density at radius 3 is 2.50 bits per heavy atom. The van der Waals surface area contributed by atoms with Gasteiger partial charge in [0.25, 0.3) is 0 Å². The molecule has 90 valence electrons. The van der Waals surface area contributed by atoms with Gasteiger partial charge in [-0.25, -0.2) is 4.39 Å². The molecule has 0 aliphatic heterocycles. The van der Waals surface area contributed by atoms with Gasteiger partial charge in [-0.15, -0.1) is 0 Å². The van der Waals surface area contributed by atoms with Crippen LogP contribution in [0.1, 0.15) is 15.9 Å². The highest BCUT2D eigenvalue weighted by molar-refractivity contribution is 6.30. The van der Waals surface area contributed by atoms with Crippen LogP contribution in [0.5, 0.6) is 0 Å². The van der Waals surface area contributed by atoms with Crippen molar-refractivity contribution < 1.29 is 9.18 Å². The van der Waals surface area contributed by atoms with Crippen LogP contribution >= 0.6 is 11.6 Å². The van der Waals surface area contributed by atoms with Crippen molar-refractivity contribution in [3.63, 3.8) is 0 Å². The fourth-order valence-electron chi connectivity index (χ4n) is 1.49. The average molecular weight is 261 g/mol. The Balaban J connectivity index is 2.14. The molecule has 0 bridgehead atoms. The van der Waals surface area contributed by atoms with Crippen molar-refractivity contribution in [2.45, 2.75) is 0 Å². The first-order valence-electron chi connectivity index (χ1n) is 5.39. The molecule has 0 saturated carbocycles. The molecule has 0 aromatic heterocycles. The number of carbonyl (C=O) groups is 1. The highest BCUT2D eigenvalue weighted by Gasteiger charge is 2.01. The van der Waals surface area contributed by atoms with Crippen LogP contribution < -0.4 is 0 Å². The lowest BCUT2D eigenvalue weighted by Gasteiger charge is -1.96. The fourth-order valence-corrected chi connectivity index (χ4v) is 1.69.